The van der Waals surface area contributed by atoms with Crippen LogP contribution in [0.2, 0.25) is 0 Å². The summed E-state index contributed by atoms with van der Waals surface area (Å²) in [5.74, 6) is 0.626. The Morgan fingerprint density at radius 2 is 1.77 bits per heavy atom. The Morgan fingerprint density at radius 1 is 1.15 bits per heavy atom. The van der Waals surface area contributed by atoms with Crippen molar-refractivity contribution < 1.29 is 4.74 Å². The van der Waals surface area contributed by atoms with Gasteiger partial charge in [-0.15, -0.1) is 0 Å². The van der Waals surface area contributed by atoms with Crippen molar-refractivity contribution in [1.82, 2.24) is 5.32 Å². The molecular weight excluding hydrogens is 162 g/mol. The topological polar surface area (TPSA) is 21.3 Å². The predicted octanol–water partition coefficient (Wildman–Crippen LogP) is 2.44. The minimum atomic E-state index is 0.314. The van der Waals surface area contributed by atoms with Crippen molar-refractivity contribution in [3.8, 4) is 0 Å². The van der Waals surface area contributed by atoms with Crippen molar-refractivity contribution in [1.29, 1.82) is 0 Å². The zero-order valence-electron chi connectivity index (χ0n) is 9.76. The van der Waals surface area contributed by atoms with Crippen molar-refractivity contribution in [3.05, 3.63) is 0 Å². The normalized spacial score (nSPS) is 16.2. The lowest BCUT2D eigenvalue weighted by Crippen LogP contribution is -2.38. The fourth-order valence-electron chi connectivity index (χ4n) is 1.03. The number of ether oxygens (including phenoxy) is 1. The van der Waals surface area contributed by atoms with E-state index in [-0.39, 0.29) is 0 Å². The predicted molar refractivity (Wildman–Crippen MR) is 58.0 cm³/mol. The van der Waals surface area contributed by atoms with Crippen LogP contribution in [0, 0.1) is 5.92 Å². The van der Waals surface area contributed by atoms with E-state index in [0.29, 0.717) is 18.1 Å². The molecule has 0 spiro atoms. The summed E-state index contributed by atoms with van der Waals surface area (Å²) in [4.78, 5) is 0. The van der Waals surface area contributed by atoms with Gasteiger partial charge in [0.1, 0.15) is 0 Å². The molecule has 2 heteroatoms. The van der Waals surface area contributed by atoms with Crippen LogP contribution < -0.4 is 5.32 Å². The highest BCUT2D eigenvalue weighted by Crippen LogP contribution is 2.02. The van der Waals surface area contributed by atoms with E-state index in [4.69, 9.17) is 4.74 Å². The molecule has 0 bridgehead atoms. The third-order valence-electron chi connectivity index (χ3n) is 2.11. The standard InChI is InChI=1S/C11H25NO/c1-6-7-12-10(4)11(5)13-8-9(2)3/h9-12H,6-8H2,1-5H3. The van der Waals surface area contributed by atoms with Crippen LogP contribution in [-0.2, 0) is 4.74 Å². The maximum atomic E-state index is 5.70. The van der Waals surface area contributed by atoms with Crippen molar-refractivity contribution >= 4 is 0 Å². The third-order valence-corrected chi connectivity index (χ3v) is 2.11. The van der Waals surface area contributed by atoms with Crippen LogP contribution in [0.4, 0.5) is 0 Å². The van der Waals surface area contributed by atoms with Gasteiger partial charge < -0.3 is 10.1 Å². The molecule has 80 valence electrons. The molecular formula is C11H25NO. The Kier molecular flexibility index (Phi) is 7.29. The Bertz CT molecular complexity index is 115. The Balaban J connectivity index is 3.50. The molecule has 2 unspecified atom stereocenters. The highest BCUT2D eigenvalue weighted by molar-refractivity contribution is 4.67. The summed E-state index contributed by atoms with van der Waals surface area (Å²) in [5, 5.41) is 3.43. The first kappa shape index (κ1) is 12.9. The van der Waals surface area contributed by atoms with E-state index in [9.17, 15) is 0 Å². The average Bonchev–Trinajstić information content (AvgIpc) is 2.10. The second-order valence-corrected chi connectivity index (χ2v) is 4.18. The highest BCUT2D eigenvalue weighted by Gasteiger charge is 2.11. The van der Waals surface area contributed by atoms with E-state index in [1.54, 1.807) is 0 Å². The van der Waals surface area contributed by atoms with Gasteiger partial charge in [-0.1, -0.05) is 20.8 Å². The van der Waals surface area contributed by atoms with Crippen LogP contribution in [0.1, 0.15) is 41.0 Å². The van der Waals surface area contributed by atoms with Gasteiger partial charge in [-0.25, -0.2) is 0 Å². The van der Waals surface area contributed by atoms with E-state index in [2.05, 4.69) is 39.9 Å². The Hall–Kier alpha value is -0.0800. The fourth-order valence-corrected chi connectivity index (χ4v) is 1.03. The largest absolute Gasteiger partial charge is 0.377 e. The van der Waals surface area contributed by atoms with Gasteiger partial charge >= 0.3 is 0 Å². The molecule has 0 aliphatic carbocycles. The molecule has 0 aliphatic rings. The monoisotopic (exact) mass is 187 g/mol. The molecule has 0 saturated carbocycles. The molecule has 13 heavy (non-hydrogen) atoms. The first-order chi connectivity index (χ1) is 6.07. The van der Waals surface area contributed by atoms with Crippen LogP contribution >= 0.6 is 0 Å². The van der Waals surface area contributed by atoms with Crippen LogP contribution in [0.25, 0.3) is 0 Å². The van der Waals surface area contributed by atoms with Crippen molar-refractivity contribution in [2.24, 2.45) is 5.92 Å². The van der Waals surface area contributed by atoms with Gasteiger partial charge in [-0.05, 0) is 32.7 Å². The quantitative estimate of drug-likeness (QED) is 0.661. The lowest BCUT2D eigenvalue weighted by atomic mass is 10.2. The molecule has 0 radical (unpaired) electrons. The smallest absolute Gasteiger partial charge is 0.0697 e. The maximum absolute atomic E-state index is 5.70. The number of rotatable bonds is 7. The van der Waals surface area contributed by atoms with Gasteiger partial charge in [0, 0.05) is 12.6 Å². The van der Waals surface area contributed by atoms with E-state index in [1.807, 2.05) is 0 Å². The van der Waals surface area contributed by atoms with Gasteiger partial charge in [-0.2, -0.15) is 0 Å². The second kappa shape index (κ2) is 7.34. The molecule has 0 aromatic heterocycles. The molecule has 2 nitrogen and oxygen atoms in total. The van der Waals surface area contributed by atoms with E-state index < -0.39 is 0 Å². The zero-order valence-corrected chi connectivity index (χ0v) is 9.76. The molecule has 0 fully saturated rings. The van der Waals surface area contributed by atoms with Gasteiger partial charge in [0.2, 0.25) is 0 Å². The zero-order chi connectivity index (χ0) is 10.3. The van der Waals surface area contributed by atoms with Gasteiger partial charge in [0.05, 0.1) is 6.10 Å². The first-order valence-electron chi connectivity index (χ1n) is 5.42. The van der Waals surface area contributed by atoms with Crippen LogP contribution in [-0.4, -0.2) is 25.3 Å². The molecule has 2 atom stereocenters. The van der Waals surface area contributed by atoms with Crippen LogP contribution in [0.15, 0.2) is 0 Å². The van der Waals surface area contributed by atoms with Gasteiger partial charge in [0.15, 0.2) is 0 Å². The number of hydrogen-bond acceptors (Lipinski definition) is 2. The van der Waals surface area contributed by atoms with Gasteiger partial charge in [0.25, 0.3) is 0 Å². The number of hydrogen-bond donors (Lipinski definition) is 1. The molecule has 0 aliphatic heterocycles. The van der Waals surface area contributed by atoms with Crippen molar-refractivity contribution in [3.63, 3.8) is 0 Å². The Labute approximate surface area is 83.1 Å². The van der Waals surface area contributed by atoms with Crippen LogP contribution in [0.5, 0.6) is 0 Å². The molecule has 0 aromatic carbocycles. The van der Waals surface area contributed by atoms with Crippen molar-refractivity contribution in [2.45, 2.75) is 53.2 Å². The summed E-state index contributed by atoms with van der Waals surface area (Å²) in [5.41, 5.74) is 0. The summed E-state index contributed by atoms with van der Waals surface area (Å²) in [7, 11) is 0. The van der Waals surface area contributed by atoms with E-state index in [0.717, 1.165) is 13.2 Å². The lowest BCUT2D eigenvalue weighted by molar-refractivity contribution is 0.0274. The van der Waals surface area contributed by atoms with Crippen LogP contribution in [0.3, 0.4) is 0 Å². The van der Waals surface area contributed by atoms with Crippen molar-refractivity contribution in [2.75, 3.05) is 13.2 Å². The fraction of sp³-hybridized carbons (Fsp3) is 1.00. The summed E-state index contributed by atoms with van der Waals surface area (Å²) >= 11 is 0. The van der Waals surface area contributed by atoms with E-state index >= 15 is 0 Å². The van der Waals surface area contributed by atoms with Gasteiger partial charge in [-0.3, -0.25) is 0 Å². The molecule has 0 amide bonds. The molecule has 1 N–H and O–H groups in total. The maximum Gasteiger partial charge on any atom is 0.0697 e. The third kappa shape index (κ3) is 7.03. The van der Waals surface area contributed by atoms with E-state index in [1.165, 1.54) is 6.42 Å². The SMILES string of the molecule is CCCNC(C)C(C)OCC(C)C. The number of nitrogens with one attached hydrogen (secondary N) is 1. The summed E-state index contributed by atoms with van der Waals surface area (Å²) in [6, 6.07) is 0.457. The minimum Gasteiger partial charge on any atom is -0.377 e. The molecule has 0 rings (SSSR count). The molecule has 0 saturated heterocycles. The Morgan fingerprint density at radius 3 is 2.23 bits per heavy atom. The highest BCUT2D eigenvalue weighted by atomic mass is 16.5. The summed E-state index contributed by atoms with van der Waals surface area (Å²) in [6.07, 6.45) is 1.50. The minimum absolute atomic E-state index is 0.314. The summed E-state index contributed by atoms with van der Waals surface area (Å²) in [6.45, 7) is 12.8. The average molecular weight is 187 g/mol. The molecule has 0 heterocycles. The first-order valence-corrected chi connectivity index (χ1v) is 5.42. The lowest BCUT2D eigenvalue weighted by Gasteiger charge is -2.22. The molecule has 0 aromatic rings. The summed E-state index contributed by atoms with van der Waals surface area (Å²) < 4.78 is 5.70. The second-order valence-electron chi connectivity index (χ2n) is 4.18.